The third kappa shape index (κ3) is 4.81. The monoisotopic (exact) mass is 378 g/mol. The van der Waals surface area contributed by atoms with Crippen molar-refractivity contribution in [3.8, 4) is 0 Å². The van der Waals surface area contributed by atoms with E-state index in [-0.39, 0.29) is 15.6 Å². The average Bonchev–Trinajstić information content (AvgIpc) is 2.64. The van der Waals surface area contributed by atoms with Gasteiger partial charge in [0.25, 0.3) is 0 Å². The van der Waals surface area contributed by atoms with Gasteiger partial charge in [-0.05, 0) is 35.3 Å². The average molecular weight is 379 g/mol. The van der Waals surface area contributed by atoms with Crippen LogP contribution in [-0.2, 0) is 16.6 Å². The molecular formula is C14H23BrN2O3S. The van der Waals surface area contributed by atoms with Crippen LogP contribution >= 0.6 is 15.9 Å². The highest BCUT2D eigenvalue weighted by Gasteiger charge is 2.26. The van der Waals surface area contributed by atoms with Crippen molar-refractivity contribution in [2.75, 3.05) is 6.54 Å². The fourth-order valence-corrected chi connectivity index (χ4v) is 4.90. The van der Waals surface area contributed by atoms with Gasteiger partial charge in [0, 0.05) is 12.1 Å². The van der Waals surface area contributed by atoms with Gasteiger partial charge in [-0.2, -0.15) is 0 Å². The second kappa shape index (κ2) is 7.76. The highest BCUT2D eigenvalue weighted by atomic mass is 79.9. The zero-order chi connectivity index (χ0) is 15.3. The fourth-order valence-electron chi connectivity index (χ4n) is 2.60. The summed E-state index contributed by atoms with van der Waals surface area (Å²) in [5.41, 5.74) is 0. The van der Waals surface area contributed by atoms with Gasteiger partial charge < -0.3 is 9.73 Å². The molecule has 1 aliphatic carbocycles. The number of halogens is 1. The lowest BCUT2D eigenvalue weighted by atomic mass is 10.1. The topological polar surface area (TPSA) is 71.3 Å². The summed E-state index contributed by atoms with van der Waals surface area (Å²) in [6.07, 6.45) is 6.40. The highest BCUT2D eigenvalue weighted by molar-refractivity contribution is 9.10. The van der Waals surface area contributed by atoms with Crippen LogP contribution in [0.2, 0.25) is 0 Å². The molecule has 2 rings (SSSR count). The third-order valence-electron chi connectivity index (χ3n) is 3.72. The van der Waals surface area contributed by atoms with E-state index in [2.05, 4.69) is 26.0 Å². The molecule has 0 saturated heterocycles. The van der Waals surface area contributed by atoms with Gasteiger partial charge in [0.05, 0.1) is 6.54 Å². The van der Waals surface area contributed by atoms with Crippen molar-refractivity contribution in [2.24, 2.45) is 0 Å². The van der Waals surface area contributed by atoms with Crippen molar-refractivity contribution in [1.29, 1.82) is 0 Å². The molecule has 0 amide bonds. The Bertz CT molecular complexity index is 549. The number of furan rings is 1. The lowest BCUT2D eigenvalue weighted by molar-refractivity contribution is 0.463. The molecule has 2 N–H and O–H groups in total. The molecule has 1 heterocycles. The molecule has 21 heavy (non-hydrogen) atoms. The summed E-state index contributed by atoms with van der Waals surface area (Å²) in [5.74, 6) is 0.616. The van der Waals surface area contributed by atoms with Crippen molar-refractivity contribution in [3.05, 3.63) is 16.5 Å². The fraction of sp³-hybridized carbons (Fsp3) is 0.714. The molecule has 7 heteroatoms. The van der Waals surface area contributed by atoms with Gasteiger partial charge in [0.2, 0.25) is 10.0 Å². The van der Waals surface area contributed by atoms with Gasteiger partial charge in [-0.15, -0.1) is 0 Å². The van der Waals surface area contributed by atoms with Crippen LogP contribution in [0.3, 0.4) is 0 Å². The Balaban J connectivity index is 2.09. The Labute approximate surface area is 135 Å². The van der Waals surface area contributed by atoms with Gasteiger partial charge in [-0.3, -0.25) is 0 Å². The van der Waals surface area contributed by atoms with Crippen LogP contribution in [0.1, 0.15) is 51.2 Å². The van der Waals surface area contributed by atoms with Gasteiger partial charge in [-0.25, -0.2) is 13.1 Å². The van der Waals surface area contributed by atoms with E-state index in [1.807, 2.05) is 6.92 Å². The van der Waals surface area contributed by atoms with Crippen LogP contribution < -0.4 is 10.0 Å². The van der Waals surface area contributed by atoms with E-state index in [9.17, 15) is 8.42 Å². The molecule has 0 unspecified atom stereocenters. The predicted molar refractivity (Wildman–Crippen MR) is 85.6 cm³/mol. The van der Waals surface area contributed by atoms with Crippen molar-refractivity contribution in [1.82, 2.24) is 10.0 Å². The van der Waals surface area contributed by atoms with Crippen LogP contribution in [0.4, 0.5) is 0 Å². The Morgan fingerprint density at radius 3 is 2.57 bits per heavy atom. The van der Waals surface area contributed by atoms with Crippen LogP contribution in [0.5, 0.6) is 0 Å². The molecule has 0 atom stereocenters. The van der Waals surface area contributed by atoms with Gasteiger partial charge in [0.1, 0.15) is 10.7 Å². The minimum Gasteiger partial charge on any atom is -0.452 e. The summed E-state index contributed by atoms with van der Waals surface area (Å²) in [6, 6.07) is 1.63. The number of sulfonamides is 1. The van der Waals surface area contributed by atoms with Gasteiger partial charge >= 0.3 is 0 Å². The molecule has 1 fully saturated rings. The summed E-state index contributed by atoms with van der Waals surface area (Å²) in [7, 11) is -3.53. The van der Waals surface area contributed by atoms with E-state index in [1.54, 1.807) is 6.07 Å². The standard InChI is InChI=1S/C14H23BrN2O3S/c1-2-16-10-12-9-13(14(15)20-12)21(18,19)17-11-7-5-3-4-6-8-11/h9,11,16-17H,2-8,10H2,1H3. The number of hydrogen-bond acceptors (Lipinski definition) is 4. The Kier molecular flexibility index (Phi) is 6.28. The molecular weight excluding hydrogens is 356 g/mol. The lowest BCUT2D eigenvalue weighted by Crippen LogP contribution is -2.34. The van der Waals surface area contributed by atoms with Gasteiger partial charge in [0.15, 0.2) is 4.67 Å². The molecule has 0 aliphatic heterocycles. The van der Waals surface area contributed by atoms with E-state index in [1.165, 1.54) is 12.8 Å². The summed E-state index contributed by atoms with van der Waals surface area (Å²) < 4.78 is 33.5. The van der Waals surface area contributed by atoms with Crippen LogP contribution in [0.15, 0.2) is 20.0 Å². The van der Waals surface area contributed by atoms with Crippen molar-refractivity contribution in [2.45, 2.75) is 62.9 Å². The third-order valence-corrected chi connectivity index (χ3v) is 6.10. The van der Waals surface area contributed by atoms with Gasteiger partial charge in [-0.1, -0.05) is 32.6 Å². The molecule has 0 radical (unpaired) electrons. The first-order chi connectivity index (χ1) is 10.0. The normalized spacial score (nSPS) is 17.8. The van der Waals surface area contributed by atoms with Crippen molar-refractivity contribution >= 4 is 26.0 Å². The maximum Gasteiger partial charge on any atom is 0.245 e. The molecule has 120 valence electrons. The van der Waals surface area contributed by atoms with E-state index >= 15 is 0 Å². The molecule has 1 saturated carbocycles. The molecule has 1 aromatic heterocycles. The van der Waals surface area contributed by atoms with Crippen LogP contribution in [0, 0.1) is 0 Å². The van der Waals surface area contributed by atoms with E-state index in [4.69, 9.17) is 4.42 Å². The van der Waals surface area contributed by atoms with E-state index in [0.29, 0.717) is 12.3 Å². The van der Waals surface area contributed by atoms with E-state index < -0.39 is 10.0 Å². The molecule has 0 spiro atoms. The molecule has 0 bridgehead atoms. The summed E-state index contributed by atoms with van der Waals surface area (Å²) >= 11 is 3.21. The zero-order valence-electron chi connectivity index (χ0n) is 12.3. The molecule has 1 aliphatic rings. The summed E-state index contributed by atoms with van der Waals surface area (Å²) in [6.45, 7) is 3.32. The summed E-state index contributed by atoms with van der Waals surface area (Å²) in [5, 5.41) is 3.12. The lowest BCUT2D eigenvalue weighted by Gasteiger charge is -2.15. The number of hydrogen-bond donors (Lipinski definition) is 2. The largest absolute Gasteiger partial charge is 0.452 e. The second-order valence-corrected chi connectivity index (χ2v) is 7.84. The van der Waals surface area contributed by atoms with Crippen LogP contribution in [0.25, 0.3) is 0 Å². The summed E-state index contributed by atoms with van der Waals surface area (Å²) in [4.78, 5) is 0.194. The minimum absolute atomic E-state index is 0.0384. The maximum atomic E-state index is 12.5. The van der Waals surface area contributed by atoms with Crippen molar-refractivity contribution < 1.29 is 12.8 Å². The van der Waals surface area contributed by atoms with E-state index in [0.717, 1.165) is 32.2 Å². The number of nitrogens with one attached hydrogen (secondary N) is 2. The number of rotatable bonds is 6. The first-order valence-electron chi connectivity index (χ1n) is 7.54. The first kappa shape index (κ1) is 17.0. The Morgan fingerprint density at radius 2 is 1.95 bits per heavy atom. The highest BCUT2D eigenvalue weighted by Crippen LogP contribution is 2.27. The maximum absolute atomic E-state index is 12.5. The zero-order valence-corrected chi connectivity index (χ0v) is 14.7. The Hall–Kier alpha value is -0.370. The predicted octanol–water partition coefficient (Wildman–Crippen LogP) is 3.15. The Morgan fingerprint density at radius 1 is 1.29 bits per heavy atom. The first-order valence-corrected chi connectivity index (χ1v) is 9.82. The second-order valence-electron chi connectivity index (χ2n) is 5.44. The smallest absolute Gasteiger partial charge is 0.245 e. The molecule has 1 aromatic rings. The minimum atomic E-state index is -3.53. The van der Waals surface area contributed by atoms with Crippen LogP contribution in [-0.4, -0.2) is 21.0 Å². The quantitative estimate of drug-likeness (QED) is 0.745. The molecule has 0 aromatic carbocycles. The molecule has 5 nitrogen and oxygen atoms in total. The van der Waals surface area contributed by atoms with Crippen molar-refractivity contribution in [3.63, 3.8) is 0 Å². The SMILES string of the molecule is CCNCc1cc(S(=O)(=O)NC2CCCCCC2)c(Br)o1.